The third kappa shape index (κ3) is 4.80. The molecule has 0 saturated heterocycles. The van der Waals surface area contributed by atoms with Crippen LogP contribution in [0, 0.1) is 17.2 Å². The molecule has 21 heavy (non-hydrogen) atoms. The summed E-state index contributed by atoms with van der Waals surface area (Å²) >= 11 is 1.26. The zero-order valence-corrected chi connectivity index (χ0v) is 12.8. The van der Waals surface area contributed by atoms with E-state index in [1.54, 1.807) is 31.2 Å². The number of hydrogen-bond acceptors (Lipinski definition) is 4. The summed E-state index contributed by atoms with van der Waals surface area (Å²) in [5, 5.41) is 20.4. The van der Waals surface area contributed by atoms with Crippen molar-refractivity contribution < 1.29 is 14.7 Å². The second-order valence-corrected chi connectivity index (χ2v) is 5.64. The number of aliphatic carboxylic acids is 1. The Balaban J connectivity index is 2.93. The van der Waals surface area contributed by atoms with Gasteiger partial charge in [-0.25, -0.2) is 4.79 Å². The van der Waals surface area contributed by atoms with Crippen molar-refractivity contribution in [2.24, 2.45) is 5.92 Å². The van der Waals surface area contributed by atoms with Crippen LogP contribution < -0.4 is 5.32 Å². The Labute approximate surface area is 128 Å². The molecule has 0 aliphatic rings. The number of nitrogens with zero attached hydrogens (tertiary/aromatic N) is 1. The second kappa shape index (κ2) is 8.32. The van der Waals surface area contributed by atoms with Gasteiger partial charge in [0.25, 0.3) is 5.91 Å². The number of carboxylic acid groups (broad SMARTS) is 1. The molecule has 0 fully saturated rings. The number of amides is 1. The van der Waals surface area contributed by atoms with E-state index in [1.165, 1.54) is 11.8 Å². The molecule has 112 valence electrons. The van der Waals surface area contributed by atoms with Gasteiger partial charge in [0.05, 0.1) is 17.4 Å². The van der Waals surface area contributed by atoms with Crippen molar-refractivity contribution >= 4 is 23.6 Å². The van der Waals surface area contributed by atoms with Crippen molar-refractivity contribution in [1.29, 1.82) is 5.26 Å². The molecule has 1 aromatic rings. The van der Waals surface area contributed by atoms with E-state index in [0.29, 0.717) is 16.9 Å². The zero-order valence-electron chi connectivity index (χ0n) is 12.0. The van der Waals surface area contributed by atoms with E-state index in [0.717, 1.165) is 0 Å². The molecular weight excluding hydrogens is 288 g/mol. The van der Waals surface area contributed by atoms with Crippen LogP contribution in [0.3, 0.4) is 0 Å². The number of benzene rings is 1. The lowest BCUT2D eigenvalue weighted by atomic mass is 9.99. The summed E-state index contributed by atoms with van der Waals surface area (Å²) < 4.78 is 0. The van der Waals surface area contributed by atoms with E-state index in [2.05, 4.69) is 5.32 Å². The highest BCUT2D eigenvalue weighted by molar-refractivity contribution is 7.99. The van der Waals surface area contributed by atoms with Crippen LogP contribution in [0.1, 0.15) is 30.6 Å². The molecular formula is C15H18N2O3S. The maximum absolute atomic E-state index is 12.3. The first-order chi connectivity index (χ1) is 10.0. The molecule has 1 rings (SSSR count). The Morgan fingerprint density at radius 3 is 2.67 bits per heavy atom. The number of nitriles is 1. The monoisotopic (exact) mass is 306 g/mol. The van der Waals surface area contributed by atoms with E-state index >= 15 is 0 Å². The third-order valence-electron chi connectivity index (χ3n) is 3.19. The topological polar surface area (TPSA) is 90.2 Å². The van der Waals surface area contributed by atoms with Gasteiger partial charge in [-0.15, -0.1) is 11.8 Å². The molecule has 1 unspecified atom stereocenters. The lowest BCUT2D eigenvalue weighted by Crippen LogP contribution is -2.45. The van der Waals surface area contributed by atoms with Gasteiger partial charge in [-0.1, -0.05) is 32.4 Å². The molecule has 1 aromatic carbocycles. The summed E-state index contributed by atoms with van der Waals surface area (Å²) in [6, 6.07) is 7.95. The largest absolute Gasteiger partial charge is 0.480 e. The number of nitrogens with one attached hydrogen (secondary N) is 1. The minimum absolute atomic E-state index is 0.162. The number of hydrogen-bond donors (Lipinski definition) is 2. The maximum Gasteiger partial charge on any atom is 0.326 e. The quantitative estimate of drug-likeness (QED) is 0.755. The van der Waals surface area contributed by atoms with E-state index in [9.17, 15) is 14.7 Å². The number of carbonyl (C=O) groups excluding carboxylic acids is 1. The van der Waals surface area contributed by atoms with Crippen molar-refractivity contribution in [2.45, 2.75) is 31.2 Å². The van der Waals surface area contributed by atoms with Gasteiger partial charge >= 0.3 is 5.97 Å². The average molecular weight is 306 g/mol. The van der Waals surface area contributed by atoms with Crippen LogP contribution in [0.15, 0.2) is 29.2 Å². The third-order valence-corrected chi connectivity index (χ3v) is 4.13. The normalized spacial score (nSPS) is 13.0. The molecule has 0 radical (unpaired) electrons. The fourth-order valence-electron chi connectivity index (χ4n) is 1.79. The van der Waals surface area contributed by atoms with Crippen molar-refractivity contribution in [2.75, 3.05) is 5.75 Å². The molecule has 0 aliphatic carbocycles. The zero-order chi connectivity index (χ0) is 15.8. The standard InChI is InChI=1S/C15H18N2O3S/c1-3-10(2)13(15(19)20)17-14(18)11-6-4-5-7-12(11)21-9-8-16/h4-7,10,13H,3,9H2,1-2H3,(H,17,18)(H,19,20)/t10?,13-/m0/s1. The molecule has 0 aromatic heterocycles. The summed E-state index contributed by atoms with van der Waals surface area (Å²) in [5.41, 5.74) is 0.396. The van der Waals surface area contributed by atoms with Crippen molar-refractivity contribution in [3.63, 3.8) is 0 Å². The molecule has 5 nitrogen and oxygen atoms in total. The lowest BCUT2D eigenvalue weighted by Gasteiger charge is -2.20. The number of rotatable bonds is 7. The van der Waals surface area contributed by atoms with Crippen LogP contribution in [-0.4, -0.2) is 28.8 Å². The number of carboxylic acids is 1. The van der Waals surface area contributed by atoms with Gasteiger partial charge < -0.3 is 10.4 Å². The molecule has 6 heteroatoms. The van der Waals surface area contributed by atoms with Gasteiger partial charge in [-0.3, -0.25) is 4.79 Å². The second-order valence-electron chi connectivity index (χ2n) is 4.62. The van der Waals surface area contributed by atoms with Gasteiger partial charge in [0, 0.05) is 4.90 Å². The van der Waals surface area contributed by atoms with Crippen molar-refractivity contribution in [3.05, 3.63) is 29.8 Å². The first-order valence-corrected chi connectivity index (χ1v) is 7.62. The van der Waals surface area contributed by atoms with E-state index in [1.807, 2.05) is 13.0 Å². The smallest absolute Gasteiger partial charge is 0.326 e. The van der Waals surface area contributed by atoms with Crippen LogP contribution in [0.5, 0.6) is 0 Å². The van der Waals surface area contributed by atoms with Crippen LogP contribution in [0.2, 0.25) is 0 Å². The Morgan fingerprint density at radius 1 is 1.43 bits per heavy atom. The molecule has 0 bridgehead atoms. The fraction of sp³-hybridized carbons (Fsp3) is 0.400. The highest BCUT2D eigenvalue weighted by atomic mass is 32.2. The summed E-state index contributed by atoms with van der Waals surface area (Å²) in [6.07, 6.45) is 0.655. The Kier molecular flexibility index (Phi) is 6.76. The molecule has 0 aliphatic heterocycles. The molecule has 2 N–H and O–H groups in total. The maximum atomic E-state index is 12.3. The summed E-state index contributed by atoms with van der Waals surface area (Å²) in [6.45, 7) is 3.67. The van der Waals surface area contributed by atoms with E-state index in [4.69, 9.17) is 5.26 Å². The highest BCUT2D eigenvalue weighted by Gasteiger charge is 2.26. The predicted octanol–water partition coefficient (Wildman–Crippen LogP) is 2.53. The first kappa shape index (κ1) is 17.1. The molecule has 0 heterocycles. The Hall–Kier alpha value is -2.00. The van der Waals surface area contributed by atoms with Crippen LogP contribution in [-0.2, 0) is 4.79 Å². The van der Waals surface area contributed by atoms with E-state index in [-0.39, 0.29) is 11.7 Å². The van der Waals surface area contributed by atoms with Crippen LogP contribution >= 0.6 is 11.8 Å². The molecule has 0 spiro atoms. The predicted molar refractivity (Wildman–Crippen MR) is 81.1 cm³/mol. The van der Waals surface area contributed by atoms with Gasteiger partial charge in [0.2, 0.25) is 0 Å². The SMILES string of the molecule is CCC(C)[C@H](NC(=O)c1ccccc1SCC#N)C(=O)O. The average Bonchev–Trinajstić information content (AvgIpc) is 2.49. The van der Waals surface area contributed by atoms with Crippen LogP contribution in [0.4, 0.5) is 0 Å². The van der Waals surface area contributed by atoms with Crippen molar-refractivity contribution in [1.82, 2.24) is 5.32 Å². The molecule has 0 saturated carbocycles. The lowest BCUT2D eigenvalue weighted by molar-refractivity contribution is -0.140. The summed E-state index contributed by atoms with van der Waals surface area (Å²) in [5.74, 6) is -1.40. The first-order valence-electron chi connectivity index (χ1n) is 6.63. The fourth-order valence-corrected chi connectivity index (χ4v) is 2.50. The summed E-state index contributed by atoms with van der Waals surface area (Å²) in [4.78, 5) is 24.2. The van der Waals surface area contributed by atoms with Gasteiger partial charge in [0.15, 0.2) is 0 Å². The Morgan fingerprint density at radius 2 is 2.10 bits per heavy atom. The Bertz CT molecular complexity index is 554. The van der Waals surface area contributed by atoms with E-state index < -0.39 is 17.9 Å². The highest BCUT2D eigenvalue weighted by Crippen LogP contribution is 2.22. The van der Waals surface area contributed by atoms with Crippen molar-refractivity contribution in [3.8, 4) is 6.07 Å². The van der Waals surface area contributed by atoms with Gasteiger partial charge in [-0.05, 0) is 18.1 Å². The minimum atomic E-state index is -1.04. The number of carbonyl (C=O) groups is 2. The van der Waals surface area contributed by atoms with Crippen LogP contribution in [0.25, 0.3) is 0 Å². The minimum Gasteiger partial charge on any atom is -0.480 e. The van der Waals surface area contributed by atoms with Gasteiger partial charge in [0.1, 0.15) is 6.04 Å². The molecule has 1 amide bonds. The molecule has 2 atom stereocenters. The summed E-state index contributed by atoms with van der Waals surface area (Å²) in [7, 11) is 0. The van der Waals surface area contributed by atoms with Gasteiger partial charge in [-0.2, -0.15) is 5.26 Å². The number of thioether (sulfide) groups is 1.